The Morgan fingerprint density at radius 2 is 1.74 bits per heavy atom. The normalized spacial score (nSPS) is 18.0. The topological polar surface area (TPSA) is 40.6 Å². The Labute approximate surface area is 138 Å². The Balaban J connectivity index is 1.89. The third kappa shape index (κ3) is 2.80. The monoisotopic (exact) mass is 332 g/mol. The van der Waals surface area contributed by atoms with E-state index in [0.29, 0.717) is 16.3 Å². The van der Waals surface area contributed by atoms with Crippen LogP contribution in [0.15, 0.2) is 48.5 Å². The maximum Gasteiger partial charge on any atom is 0.332 e. The van der Waals surface area contributed by atoms with Gasteiger partial charge in [0, 0.05) is 10.7 Å². The molecule has 23 heavy (non-hydrogen) atoms. The van der Waals surface area contributed by atoms with E-state index in [0.717, 1.165) is 4.90 Å². The molecule has 4 nitrogen and oxygen atoms in total. The van der Waals surface area contributed by atoms with E-state index in [1.807, 2.05) is 0 Å². The van der Waals surface area contributed by atoms with Crippen molar-refractivity contribution < 1.29 is 14.0 Å². The van der Waals surface area contributed by atoms with E-state index >= 15 is 0 Å². The van der Waals surface area contributed by atoms with Gasteiger partial charge in [0.15, 0.2) is 0 Å². The van der Waals surface area contributed by atoms with E-state index < -0.39 is 17.9 Å². The first-order chi connectivity index (χ1) is 11.0. The molecule has 0 bridgehead atoms. The summed E-state index contributed by atoms with van der Waals surface area (Å²) in [7, 11) is 0. The summed E-state index contributed by atoms with van der Waals surface area (Å²) in [6, 6.07) is 11.5. The Bertz CT molecular complexity index is 763. The fourth-order valence-corrected chi connectivity index (χ4v) is 2.80. The van der Waals surface area contributed by atoms with E-state index in [9.17, 15) is 14.0 Å². The maximum atomic E-state index is 13.1. The van der Waals surface area contributed by atoms with Crippen molar-refractivity contribution in [1.82, 2.24) is 4.90 Å². The number of benzene rings is 2. The summed E-state index contributed by atoms with van der Waals surface area (Å²) in [5.74, 6) is -0.702. The van der Waals surface area contributed by atoms with Crippen LogP contribution in [0, 0.1) is 5.82 Å². The Morgan fingerprint density at radius 1 is 1.09 bits per heavy atom. The van der Waals surface area contributed by atoms with E-state index in [4.69, 9.17) is 11.6 Å². The molecule has 2 aromatic rings. The molecule has 118 valence electrons. The number of amides is 3. The second kappa shape index (κ2) is 6.01. The predicted octanol–water partition coefficient (Wildman–Crippen LogP) is 3.84. The number of carbonyl (C=O) groups excluding carboxylic acids is 2. The average Bonchev–Trinajstić information content (AvgIpc) is 2.74. The van der Waals surface area contributed by atoms with Crippen molar-refractivity contribution in [1.29, 1.82) is 0 Å². The summed E-state index contributed by atoms with van der Waals surface area (Å²) < 4.78 is 13.1. The van der Waals surface area contributed by atoms with Crippen LogP contribution in [0.1, 0.15) is 12.5 Å². The minimum Gasteiger partial charge on any atom is -0.282 e. The average molecular weight is 333 g/mol. The number of hydrogen-bond acceptors (Lipinski definition) is 2. The summed E-state index contributed by atoms with van der Waals surface area (Å²) in [4.78, 5) is 27.6. The van der Waals surface area contributed by atoms with Crippen molar-refractivity contribution in [3.63, 3.8) is 0 Å². The third-order valence-corrected chi connectivity index (χ3v) is 4.21. The molecule has 1 aliphatic rings. The number of halogens is 2. The molecule has 1 saturated heterocycles. The number of urea groups is 1. The van der Waals surface area contributed by atoms with E-state index in [-0.39, 0.29) is 12.5 Å². The van der Waals surface area contributed by atoms with Crippen molar-refractivity contribution >= 4 is 29.2 Å². The zero-order chi connectivity index (χ0) is 16.6. The SMILES string of the molecule is C[C@H]1C(=O)N(Cc2ccccc2Cl)C(=O)N1c1ccc(F)cc1. The lowest BCUT2D eigenvalue weighted by atomic mass is 10.2. The Kier molecular flexibility index (Phi) is 4.05. The molecule has 0 N–H and O–H groups in total. The van der Waals surface area contributed by atoms with Crippen LogP contribution >= 0.6 is 11.6 Å². The number of imide groups is 1. The smallest absolute Gasteiger partial charge is 0.282 e. The fraction of sp³-hybridized carbons (Fsp3) is 0.176. The zero-order valence-corrected chi connectivity index (χ0v) is 13.1. The van der Waals surface area contributed by atoms with Gasteiger partial charge in [0.1, 0.15) is 11.9 Å². The molecule has 0 radical (unpaired) electrons. The molecule has 6 heteroatoms. The van der Waals surface area contributed by atoms with Crippen LogP contribution in [-0.4, -0.2) is 22.9 Å². The van der Waals surface area contributed by atoms with Gasteiger partial charge in [0.25, 0.3) is 5.91 Å². The van der Waals surface area contributed by atoms with Crippen LogP contribution in [-0.2, 0) is 11.3 Å². The van der Waals surface area contributed by atoms with Crippen LogP contribution in [0.5, 0.6) is 0 Å². The molecule has 0 aromatic heterocycles. The number of nitrogens with zero attached hydrogens (tertiary/aromatic N) is 2. The van der Waals surface area contributed by atoms with E-state index in [1.54, 1.807) is 31.2 Å². The highest BCUT2D eigenvalue weighted by Crippen LogP contribution is 2.28. The van der Waals surface area contributed by atoms with Gasteiger partial charge in [-0.2, -0.15) is 0 Å². The summed E-state index contributed by atoms with van der Waals surface area (Å²) in [6.45, 7) is 1.76. The number of hydrogen-bond donors (Lipinski definition) is 0. The van der Waals surface area contributed by atoms with Crippen LogP contribution < -0.4 is 4.90 Å². The Hall–Kier alpha value is -2.40. The molecule has 0 unspecified atom stereocenters. The second-order valence-electron chi connectivity index (χ2n) is 5.32. The quantitative estimate of drug-likeness (QED) is 0.801. The van der Waals surface area contributed by atoms with Gasteiger partial charge < -0.3 is 0 Å². The molecule has 1 aliphatic heterocycles. The molecule has 0 spiro atoms. The summed E-state index contributed by atoms with van der Waals surface area (Å²) in [6.07, 6.45) is 0. The standard InChI is InChI=1S/C17H14ClFN2O2/c1-11-16(22)20(10-12-4-2-3-5-15(12)18)17(23)21(11)14-8-6-13(19)7-9-14/h2-9,11H,10H2,1H3/t11-/m0/s1. The highest BCUT2D eigenvalue weighted by Gasteiger charge is 2.43. The van der Waals surface area contributed by atoms with Crippen LogP contribution in [0.25, 0.3) is 0 Å². The van der Waals surface area contributed by atoms with Gasteiger partial charge in [-0.1, -0.05) is 29.8 Å². The molecule has 3 rings (SSSR count). The first-order valence-electron chi connectivity index (χ1n) is 7.12. The molecule has 3 amide bonds. The highest BCUT2D eigenvalue weighted by atomic mass is 35.5. The number of rotatable bonds is 3. The highest BCUT2D eigenvalue weighted by molar-refractivity contribution is 6.31. The number of carbonyl (C=O) groups is 2. The van der Waals surface area contributed by atoms with Crippen LogP contribution in [0.3, 0.4) is 0 Å². The fourth-order valence-electron chi connectivity index (χ4n) is 2.60. The number of anilines is 1. The van der Waals surface area contributed by atoms with Crippen molar-refractivity contribution in [3.8, 4) is 0 Å². The molecule has 0 saturated carbocycles. The minimum atomic E-state index is -0.643. The van der Waals surface area contributed by atoms with Gasteiger partial charge in [0.2, 0.25) is 0 Å². The lowest BCUT2D eigenvalue weighted by molar-refractivity contribution is -0.127. The van der Waals surface area contributed by atoms with Crippen molar-refractivity contribution in [2.45, 2.75) is 19.5 Å². The molecule has 1 fully saturated rings. The van der Waals surface area contributed by atoms with E-state index in [1.165, 1.54) is 29.2 Å². The Morgan fingerprint density at radius 3 is 2.39 bits per heavy atom. The predicted molar refractivity (Wildman–Crippen MR) is 85.7 cm³/mol. The van der Waals surface area contributed by atoms with Crippen molar-refractivity contribution in [3.05, 3.63) is 64.9 Å². The zero-order valence-electron chi connectivity index (χ0n) is 12.4. The molecule has 1 atom stereocenters. The lowest BCUT2D eigenvalue weighted by Gasteiger charge is -2.19. The van der Waals surface area contributed by atoms with Gasteiger partial charge in [-0.25, -0.2) is 9.18 Å². The molecule has 1 heterocycles. The van der Waals surface area contributed by atoms with Crippen LogP contribution in [0.4, 0.5) is 14.9 Å². The molecular formula is C17H14ClFN2O2. The third-order valence-electron chi connectivity index (χ3n) is 3.84. The summed E-state index contributed by atoms with van der Waals surface area (Å²) in [5.41, 5.74) is 1.18. The van der Waals surface area contributed by atoms with Gasteiger partial charge >= 0.3 is 6.03 Å². The van der Waals surface area contributed by atoms with Gasteiger partial charge in [-0.3, -0.25) is 14.6 Å². The first-order valence-corrected chi connectivity index (χ1v) is 7.50. The molecule has 2 aromatic carbocycles. The lowest BCUT2D eigenvalue weighted by Crippen LogP contribution is -2.33. The van der Waals surface area contributed by atoms with Gasteiger partial charge in [-0.15, -0.1) is 0 Å². The molecular weight excluding hydrogens is 319 g/mol. The largest absolute Gasteiger partial charge is 0.332 e. The molecule has 0 aliphatic carbocycles. The second-order valence-corrected chi connectivity index (χ2v) is 5.73. The first kappa shape index (κ1) is 15.5. The van der Waals surface area contributed by atoms with Gasteiger partial charge in [-0.05, 0) is 42.8 Å². The summed E-state index contributed by atoms with van der Waals surface area (Å²) in [5, 5.41) is 0.501. The maximum absolute atomic E-state index is 13.1. The van der Waals surface area contributed by atoms with Crippen molar-refractivity contribution in [2.75, 3.05) is 4.90 Å². The van der Waals surface area contributed by atoms with Gasteiger partial charge in [0.05, 0.1) is 6.54 Å². The summed E-state index contributed by atoms with van der Waals surface area (Å²) >= 11 is 6.10. The van der Waals surface area contributed by atoms with Crippen LogP contribution in [0.2, 0.25) is 5.02 Å². The van der Waals surface area contributed by atoms with Crippen molar-refractivity contribution in [2.24, 2.45) is 0 Å². The minimum absolute atomic E-state index is 0.110. The van der Waals surface area contributed by atoms with E-state index in [2.05, 4.69) is 0 Å².